The molecule has 0 saturated heterocycles. The Balaban J connectivity index is 2.47. The van der Waals surface area contributed by atoms with Crippen molar-refractivity contribution < 1.29 is 13.2 Å². The number of rotatable bonds is 8. The fourth-order valence-corrected chi connectivity index (χ4v) is 2.67. The number of ether oxygens (including phenoxy) is 1. The van der Waals surface area contributed by atoms with Crippen molar-refractivity contribution in [3.05, 3.63) is 11.8 Å². The van der Waals surface area contributed by atoms with Crippen molar-refractivity contribution in [1.82, 2.24) is 14.3 Å². The van der Waals surface area contributed by atoms with Crippen LogP contribution in [-0.2, 0) is 10.0 Å². The molecule has 7 nitrogen and oxygen atoms in total. The van der Waals surface area contributed by atoms with Crippen LogP contribution in [0.5, 0.6) is 5.88 Å². The van der Waals surface area contributed by atoms with Crippen molar-refractivity contribution in [2.45, 2.75) is 20.3 Å². The predicted octanol–water partition coefficient (Wildman–Crippen LogP) is 0.877. The normalized spacial score (nSPS) is 11.7. The molecule has 1 N–H and O–H groups in total. The quantitative estimate of drug-likeness (QED) is 0.718. The molecule has 8 heteroatoms. The third-order valence-corrected chi connectivity index (χ3v) is 4.11. The minimum absolute atomic E-state index is 0.477. The minimum Gasteiger partial charge on any atom is -0.481 e. The first kappa shape index (κ1) is 16.6. The molecule has 114 valence electrons. The lowest BCUT2D eigenvalue weighted by Crippen LogP contribution is -2.31. The zero-order chi connectivity index (χ0) is 15.2. The second-order valence-corrected chi connectivity index (χ2v) is 6.39. The van der Waals surface area contributed by atoms with Gasteiger partial charge < -0.3 is 10.1 Å². The van der Waals surface area contributed by atoms with Gasteiger partial charge in [0, 0.05) is 31.4 Å². The van der Waals surface area contributed by atoms with Gasteiger partial charge in [0.15, 0.2) is 0 Å². The maximum Gasteiger partial charge on any atom is 0.226 e. The number of methoxy groups -OCH3 is 1. The molecule has 0 amide bonds. The molecule has 0 aliphatic heterocycles. The molecule has 1 heterocycles. The Hall–Kier alpha value is -1.41. The zero-order valence-corrected chi connectivity index (χ0v) is 13.2. The van der Waals surface area contributed by atoms with E-state index in [1.54, 1.807) is 13.2 Å². The van der Waals surface area contributed by atoms with E-state index in [1.807, 2.05) is 13.8 Å². The number of hydrogen-bond donors (Lipinski definition) is 1. The molecular weight excluding hydrogens is 280 g/mol. The Morgan fingerprint density at radius 2 is 2.10 bits per heavy atom. The molecule has 0 bridgehead atoms. The number of nitrogens with one attached hydrogen (secondary N) is 1. The summed E-state index contributed by atoms with van der Waals surface area (Å²) in [5.41, 5.74) is 0.811. The van der Waals surface area contributed by atoms with Gasteiger partial charge in [0.05, 0.1) is 13.4 Å². The van der Waals surface area contributed by atoms with E-state index in [9.17, 15) is 8.42 Å². The predicted molar refractivity (Wildman–Crippen MR) is 78.5 cm³/mol. The summed E-state index contributed by atoms with van der Waals surface area (Å²) in [6.07, 6.45) is 1.90. The van der Waals surface area contributed by atoms with Gasteiger partial charge in [-0.15, -0.1) is 0 Å². The second kappa shape index (κ2) is 7.39. The molecule has 0 aliphatic carbocycles. The van der Waals surface area contributed by atoms with E-state index in [2.05, 4.69) is 15.3 Å². The Morgan fingerprint density at radius 1 is 1.40 bits per heavy atom. The third-order valence-electron chi connectivity index (χ3n) is 2.73. The van der Waals surface area contributed by atoms with Crippen molar-refractivity contribution in [2.24, 2.45) is 0 Å². The molecule has 0 saturated carbocycles. The first-order valence-corrected chi connectivity index (χ1v) is 8.30. The molecule has 0 unspecified atom stereocenters. The van der Waals surface area contributed by atoms with Crippen LogP contribution in [0.15, 0.2) is 6.07 Å². The molecular formula is C12H22N4O3S. The highest BCUT2D eigenvalue weighted by Gasteiger charge is 2.13. The molecule has 1 aromatic heterocycles. The van der Waals surface area contributed by atoms with Crippen LogP contribution in [0.25, 0.3) is 0 Å². The van der Waals surface area contributed by atoms with Gasteiger partial charge >= 0.3 is 0 Å². The van der Waals surface area contributed by atoms with Crippen molar-refractivity contribution in [3.63, 3.8) is 0 Å². The van der Waals surface area contributed by atoms with E-state index < -0.39 is 10.0 Å². The summed E-state index contributed by atoms with van der Waals surface area (Å²) in [4.78, 5) is 8.39. The topological polar surface area (TPSA) is 84.4 Å². The number of sulfonamides is 1. The molecule has 0 radical (unpaired) electrons. The van der Waals surface area contributed by atoms with Crippen molar-refractivity contribution in [3.8, 4) is 5.88 Å². The maximum absolute atomic E-state index is 11.4. The number of aryl methyl sites for hydroxylation is 1. The highest BCUT2D eigenvalue weighted by molar-refractivity contribution is 7.88. The first-order chi connectivity index (χ1) is 9.36. The Bertz CT molecular complexity index is 534. The van der Waals surface area contributed by atoms with Crippen LogP contribution in [-0.4, -0.2) is 55.7 Å². The molecule has 0 fully saturated rings. The molecule has 0 atom stereocenters. The van der Waals surface area contributed by atoms with Crippen LogP contribution in [0.4, 0.5) is 5.95 Å². The van der Waals surface area contributed by atoms with E-state index in [0.29, 0.717) is 37.9 Å². The minimum atomic E-state index is -3.12. The van der Waals surface area contributed by atoms with Crippen molar-refractivity contribution in [2.75, 3.05) is 38.3 Å². The van der Waals surface area contributed by atoms with Crippen LogP contribution in [0.1, 0.15) is 19.0 Å². The molecule has 1 rings (SSSR count). The molecule has 0 spiro atoms. The lowest BCUT2D eigenvalue weighted by atomic mass is 10.4. The van der Waals surface area contributed by atoms with Gasteiger partial charge in [-0.25, -0.2) is 17.7 Å². The second-order valence-electron chi connectivity index (χ2n) is 4.41. The first-order valence-electron chi connectivity index (χ1n) is 6.45. The van der Waals surface area contributed by atoms with Crippen LogP contribution < -0.4 is 10.1 Å². The summed E-state index contributed by atoms with van der Waals surface area (Å²) in [6.45, 7) is 5.23. The largest absolute Gasteiger partial charge is 0.481 e. The fraction of sp³-hybridized carbons (Fsp3) is 0.667. The lowest BCUT2D eigenvalue weighted by molar-refractivity contribution is 0.397. The van der Waals surface area contributed by atoms with Gasteiger partial charge in [-0.3, -0.25) is 0 Å². The van der Waals surface area contributed by atoms with E-state index in [1.165, 1.54) is 10.6 Å². The van der Waals surface area contributed by atoms with Crippen LogP contribution >= 0.6 is 0 Å². The van der Waals surface area contributed by atoms with Crippen LogP contribution in [0, 0.1) is 6.92 Å². The van der Waals surface area contributed by atoms with Crippen molar-refractivity contribution >= 4 is 16.0 Å². The maximum atomic E-state index is 11.4. The smallest absolute Gasteiger partial charge is 0.226 e. The average Bonchev–Trinajstić information content (AvgIpc) is 2.36. The zero-order valence-electron chi connectivity index (χ0n) is 12.4. The van der Waals surface area contributed by atoms with E-state index in [4.69, 9.17) is 4.74 Å². The van der Waals surface area contributed by atoms with Crippen LogP contribution in [0.3, 0.4) is 0 Å². The van der Waals surface area contributed by atoms with Gasteiger partial charge in [-0.05, 0) is 13.3 Å². The summed E-state index contributed by atoms with van der Waals surface area (Å²) < 4.78 is 29.3. The molecule has 1 aromatic rings. The lowest BCUT2D eigenvalue weighted by Gasteiger charge is -2.17. The Morgan fingerprint density at radius 3 is 2.65 bits per heavy atom. The highest BCUT2D eigenvalue weighted by atomic mass is 32.2. The molecule has 0 aromatic carbocycles. The monoisotopic (exact) mass is 302 g/mol. The average molecular weight is 302 g/mol. The van der Waals surface area contributed by atoms with E-state index >= 15 is 0 Å². The summed E-state index contributed by atoms with van der Waals surface area (Å²) in [7, 11) is -1.57. The summed E-state index contributed by atoms with van der Waals surface area (Å²) in [6, 6.07) is 1.74. The third kappa shape index (κ3) is 5.30. The highest BCUT2D eigenvalue weighted by Crippen LogP contribution is 2.11. The van der Waals surface area contributed by atoms with Gasteiger partial charge in [-0.2, -0.15) is 4.98 Å². The SMILES string of the molecule is CCN(CCCNc1nc(C)cc(OC)n1)S(C)(=O)=O. The van der Waals surface area contributed by atoms with Crippen LogP contribution in [0.2, 0.25) is 0 Å². The summed E-state index contributed by atoms with van der Waals surface area (Å²) in [5, 5.41) is 3.07. The van der Waals surface area contributed by atoms with Gasteiger partial charge in [0.25, 0.3) is 0 Å². The van der Waals surface area contributed by atoms with Gasteiger partial charge in [0.1, 0.15) is 0 Å². The number of hydrogen-bond acceptors (Lipinski definition) is 6. The number of nitrogens with zero attached hydrogens (tertiary/aromatic N) is 3. The van der Waals surface area contributed by atoms with E-state index in [-0.39, 0.29) is 0 Å². The molecule has 0 aliphatic rings. The number of aromatic nitrogens is 2. The van der Waals surface area contributed by atoms with Gasteiger partial charge in [-0.1, -0.05) is 6.92 Å². The Kier molecular flexibility index (Phi) is 6.15. The van der Waals surface area contributed by atoms with Gasteiger partial charge in [0.2, 0.25) is 21.9 Å². The number of anilines is 1. The fourth-order valence-electron chi connectivity index (χ4n) is 1.74. The summed E-state index contributed by atoms with van der Waals surface area (Å²) >= 11 is 0. The van der Waals surface area contributed by atoms with E-state index in [0.717, 1.165) is 5.69 Å². The standard InChI is InChI=1S/C12H22N4O3S/c1-5-16(20(4,17)18)8-6-7-13-12-14-10(2)9-11(15-12)19-3/h9H,5-8H2,1-4H3,(H,13,14,15). The Labute approximate surface area is 120 Å². The summed E-state index contributed by atoms with van der Waals surface area (Å²) in [5.74, 6) is 0.996. The molecule has 20 heavy (non-hydrogen) atoms. The van der Waals surface area contributed by atoms with Crippen molar-refractivity contribution in [1.29, 1.82) is 0 Å².